The third kappa shape index (κ3) is 2.10. The molecule has 0 spiro atoms. The van der Waals surface area contributed by atoms with Crippen molar-refractivity contribution in [2.45, 2.75) is 31.5 Å². The first-order chi connectivity index (χ1) is 7.62. The van der Waals surface area contributed by atoms with Crippen molar-refractivity contribution in [3.05, 3.63) is 24.4 Å². The van der Waals surface area contributed by atoms with E-state index in [-0.39, 0.29) is 11.8 Å². The first-order valence-electron chi connectivity index (χ1n) is 5.65. The average Bonchev–Trinajstić information content (AvgIpc) is 2.30. The van der Waals surface area contributed by atoms with Crippen LogP contribution in [0.25, 0.3) is 0 Å². The normalized spacial score (nSPS) is 38.1. The SMILES string of the molecule is O=C(O)[C@H]1CC[C@H](C2(F)C=CC=CN2)CC1. The van der Waals surface area contributed by atoms with E-state index in [1.165, 1.54) is 6.08 Å². The Morgan fingerprint density at radius 3 is 2.50 bits per heavy atom. The molecule has 0 amide bonds. The van der Waals surface area contributed by atoms with Crippen molar-refractivity contribution in [2.75, 3.05) is 0 Å². The van der Waals surface area contributed by atoms with Crippen molar-refractivity contribution in [3.8, 4) is 0 Å². The molecule has 2 rings (SSSR count). The summed E-state index contributed by atoms with van der Waals surface area (Å²) in [6, 6.07) is 0. The van der Waals surface area contributed by atoms with Gasteiger partial charge in [-0.15, -0.1) is 0 Å². The molecule has 2 aliphatic rings. The first kappa shape index (κ1) is 11.2. The first-order valence-corrected chi connectivity index (χ1v) is 5.65. The Morgan fingerprint density at radius 2 is 2.00 bits per heavy atom. The number of carboxylic acids is 1. The monoisotopic (exact) mass is 225 g/mol. The van der Waals surface area contributed by atoms with Crippen molar-refractivity contribution in [1.82, 2.24) is 5.32 Å². The molecular formula is C12H16FNO2. The highest BCUT2D eigenvalue weighted by Gasteiger charge is 2.40. The lowest BCUT2D eigenvalue weighted by molar-refractivity contribution is -0.143. The van der Waals surface area contributed by atoms with Crippen molar-refractivity contribution in [3.63, 3.8) is 0 Å². The van der Waals surface area contributed by atoms with Gasteiger partial charge in [-0.1, -0.05) is 6.08 Å². The number of aliphatic carboxylic acids is 1. The Bertz CT molecular complexity index is 332. The van der Waals surface area contributed by atoms with Gasteiger partial charge in [0.15, 0.2) is 0 Å². The number of nitrogens with one attached hydrogen (secondary N) is 1. The van der Waals surface area contributed by atoms with Crippen LogP contribution in [0.5, 0.6) is 0 Å². The van der Waals surface area contributed by atoms with Gasteiger partial charge in [0.1, 0.15) is 0 Å². The maximum Gasteiger partial charge on any atom is 0.306 e. The number of carbonyl (C=O) groups is 1. The Labute approximate surface area is 94.0 Å². The van der Waals surface area contributed by atoms with Crippen LogP contribution in [-0.4, -0.2) is 16.9 Å². The topological polar surface area (TPSA) is 49.3 Å². The molecule has 1 saturated carbocycles. The molecule has 0 aromatic carbocycles. The number of dihydropyridines is 1. The number of halogens is 1. The molecule has 1 unspecified atom stereocenters. The van der Waals surface area contributed by atoms with Crippen molar-refractivity contribution in [2.24, 2.45) is 11.8 Å². The largest absolute Gasteiger partial charge is 0.481 e. The number of hydrogen-bond acceptors (Lipinski definition) is 2. The quantitative estimate of drug-likeness (QED) is 0.708. The lowest BCUT2D eigenvalue weighted by Crippen LogP contribution is -2.45. The number of rotatable bonds is 2. The van der Waals surface area contributed by atoms with Crippen LogP contribution < -0.4 is 5.32 Å². The number of allylic oxidation sites excluding steroid dienone is 2. The molecule has 3 nitrogen and oxygen atoms in total. The predicted molar refractivity (Wildman–Crippen MR) is 58.3 cm³/mol. The van der Waals surface area contributed by atoms with E-state index in [1.54, 1.807) is 18.4 Å². The van der Waals surface area contributed by atoms with Gasteiger partial charge in [-0.2, -0.15) is 0 Å². The average molecular weight is 225 g/mol. The van der Waals surface area contributed by atoms with Crippen LogP contribution in [0.1, 0.15) is 25.7 Å². The molecule has 4 heteroatoms. The second-order valence-corrected chi connectivity index (χ2v) is 4.52. The Balaban J connectivity index is 1.96. The summed E-state index contributed by atoms with van der Waals surface area (Å²) in [5.74, 6) is -2.65. The Morgan fingerprint density at radius 1 is 1.31 bits per heavy atom. The molecule has 0 radical (unpaired) electrons. The molecular weight excluding hydrogens is 209 g/mol. The summed E-state index contributed by atoms with van der Waals surface area (Å²) in [6.45, 7) is 0. The third-order valence-electron chi connectivity index (χ3n) is 3.52. The zero-order valence-electron chi connectivity index (χ0n) is 9.03. The maximum absolute atomic E-state index is 14.4. The van der Waals surface area contributed by atoms with Crippen LogP contribution in [0.2, 0.25) is 0 Å². The van der Waals surface area contributed by atoms with Gasteiger partial charge >= 0.3 is 5.97 Å². The zero-order valence-corrected chi connectivity index (χ0v) is 9.03. The van der Waals surface area contributed by atoms with Crippen LogP contribution in [-0.2, 0) is 4.79 Å². The minimum atomic E-state index is -1.49. The van der Waals surface area contributed by atoms with E-state index in [0.717, 1.165) is 0 Å². The Hall–Kier alpha value is -1.32. The van der Waals surface area contributed by atoms with Gasteiger partial charge in [0.25, 0.3) is 0 Å². The molecule has 1 fully saturated rings. The highest BCUT2D eigenvalue weighted by molar-refractivity contribution is 5.70. The van der Waals surface area contributed by atoms with Crippen molar-refractivity contribution < 1.29 is 14.3 Å². The van der Waals surface area contributed by atoms with Gasteiger partial charge in [-0.25, -0.2) is 4.39 Å². The molecule has 88 valence electrons. The van der Waals surface area contributed by atoms with E-state index in [4.69, 9.17) is 5.11 Å². The minimum Gasteiger partial charge on any atom is -0.481 e. The van der Waals surface area contributed by atoms with Crippen LogP contribution in [0.15, 0.2) is 24.4 Å². The lowest BCUT2D eigenvalue weighted by atomic mass is 9.77. The van der Waals surface area contributed by atoms with E-state index >= 15 is 0 Å². The van der Waals surface area contributed by atoms with E-state index in [0.29, 0.717) is 25.7 Å². The molecule has 0 aromatic rings. The summed E-state index contributed by atoms with van der Waals surface area (Å²) >= 11 is 0. The highest BCUT2D eigenvalue weighted by Crippen LogP contribution is 2.37. The molecule has 1 aliphatic heterocycles. The standard InChI is InChI=1S/C12H16FNO2/c13-12(7-1-2-8-14-12)10-5-3-9(4-6-10)11(15)16/h1-2,7-10,14H,3-6H2,(H,15,16)/t9-,10-,12?. The molecule has 0 aromatic heterocycles. The zero-order chi connectivity index (χ0) is 11.6. The minimum absolute atomic E-state index is 0.121. The summed E-state index contributed by atoms with van der Waals surface area (Å²) in [4.78, 5) is 10.8. The summed E-state index contributed by atoms with van der Waals surface area (Å²) in [5, 5.41) is 11.6. The van der Waals surface area contributed by atoms with E-state index in [9.17, 15) is 9.18 Å². The summed E-state index contributed by atoms with van der Waals surface area (Å²) in [6.07, 6.45) is 8.97. The van der Waals surface area contributed by atoms with E-state index in [2.05, 4.69) is 5.32 Å². The number of hydrogen-bond donors (Lipinski definition) is 2. The number of carboxylic acid groups (broad SMARTS) is 1. The summed E-state index contributed by atoms with van der Waals surface area (Å²) < 4.78 is 14.4. The molecule has 1 heterocycles. The van der Waals surface area contributed by atoms with Gasteiger partial charge < -0.3 is 10.4 Å². The van der Waals surface area contributed by atoms with Crippen molar-refractivity contribution in [1.29, 1.82) is 0 Å². The fourth-order valence-electron chi connectivity index (χ4n) is 2.49. The molecule has 0 saturated heterocycles. The molecule has 1 atom stereocenters. The predicted octanol–water partition coefficient (Wildman–Crippen LogP) is 2.22. The van der Waals surface area contributed by atoms with Gasteiger partial charge in [-0.05, 0) is 44.0 Å². The van der Waals surface area contributed by atoms with E-state index < -0.39 is 11.8 Å². The van der Waals surface area contributed by atoms with Crippen LogP contribution >= 0.6 is 0 Å². The summed E-state index contributed by atoms with van der Waals surface area (Å²) in [7, 11) is 0. The smallest absolute Gasteiger partial charge is 0.306 e. The van der Waals surface area contributed by atoms with Gasteiger partial charge in [0.2, 0.25) is 5.79 Å². The Kier molecular flexibility index (Phi) is 2.99. The fraction of sp³-hybridized carbons (Fsp3) is 0.583. The third-order valence-corrected chi connectivity index (χ3v) is 3.52. The molecule has 1 aliphatic carbocycles. The van der Waals surface area contributed by atoms with Gasteiger partial charge in [0.05, 0.1) is 5.92 Å². The van der Waals surface area contributed by atoms with Crippen LogP contribution in [0.4, 0.5) is 4.39 Å². The molecule has 2 N–H and O–H groups in total. The van der Waals surface area contributed by atoms with Crippen molar-refractivity contribution >= 4 is 5.97 Å². The highest BCUT2D eigenvalue weighted by atomic mass is 19.1. The fourth-order valence-corrected chi connectivity index (χ4v) is 2.49. The number of alkyl halides is 1. The van der Waals surface area contributed by atoms with Crippen LogP contribution in [0.3, 0.4) is 0 Å². The van der Waals surface area contributed by atoms with Crippen LogP contribution in [0, 0.1) is 11.8 Å². The second-order valence-electron chi connectivity index (χ2n) is 4.52. The summed E-state index contributed by atoms with van der Waals surface area (Å²) in [5.41, 5.74) is 0. The second kappa shape index (κ2) is 4.28. The van der Waals surface area contributed by atoms with E-state index in [1.807, 2.05) is 0 Å². The van der Waals surface area contributed by atoms with Gasteiger partial charge in [0, 0.05) is 5.92 Å². The van der Waals surface area contributed by atoms with Gasteiger partial charge in [-0.3, -0.25) is 4.79 Å². The molecule has 0 bridgehead atoms. The lowest BCUT2D eigenvalue weighted by Gasteiger charge is -2.36. The molecule has 16 heavy (non-hydrogen) atoms. The maximum atomic E-state index is 14.4.